The zero-order chi connectivity index (χ0) is 27.2. The van der Waals surface area contributed by atoms with Crippen molar-refractivity contribution in [3.63, 3.8) is 0 Å². The Labute approximate surface area is 224 Å². The van der Waals surface area contributed by atoms with E-state index in [9.17, 15) is 29.7 Å². The molecule has 0 radical (unpaired) electrons. The largest absolute Gasteiger partial charge is 0.506 e. The van der Waals surface area contributed by atoms with Gasteiger partial charge in [-0.3, -0.25) is 9.59 Å². The van der Waals surface area contributed by atoms with E-state index in [1.54, 1.807) is 6.20 Å². The van der Waals surface area contributed by atoms with Crippen molar-refractivity contribution in [3.8, 4) is 11.5 Å². The number of aromatic nitrogens is 1. The number of benzene rings is 1. The number of Topliss-reactive ketones (excluding diaryl/α,β-unsaturated/α-hetero) is 1. The second-order valence-corrected chi connectivity index (χ2v) is 11.9. The van der Waals surface area contributed by atoms with Gasteiger partial charge in [0.05, 0.1) is 4.91 Å². The van der Waals surface area contributed by atoms with Crippen LogP contribution in [0, 0.1) is 22.7 Å². The lowest BCUT2D eigenvalue weighted by Crippen LogP contribution is -2.55. The number of thioether (sulfide) groups is 1. The number of aromatic hydroxyl groups is 2. The quantitative estimate of drug-likeness (QED) is 0.269. The van der Waals surface area contributed by atoms with Crippen molar-refractivity contribution in [2.24, 2.45) is 22.7 Å². The van der Waals surface area contributed by atoms with Gasteiger partial charge in [0, 0.05) is 18.0 Å². The first-order valence-electron chi connectivity index (χ1n) is 12.7. The topological polar surface area (TPSA) is 137 Å². The second-order valence-electron chi connectivity index (χ2n) is 10.8. The molecule has 3 fully saturated rings. The molecule has 6 rings (SSSR count). The number of aromatic carboxylic acids is 1. The number of allylic oxidation sites excluding steroid dienone is 3. The summed E-state index contributed by atoms with van der Waals surface area (Å²) in [6.45, 7) is 6.28. The molecule has 1 aromatic heterocycles. The van der Waals surface area contributed by atoms with Gasteiger partial charge in [-0.25, -0.2) is 9.78 Å². The summed E-state index contributed by atoms with van der Waals surface area (Å²) >= 11 is 1.36. The van der Waals surface area contributed by atoms with Crippen LogP contribution in [0.1, 0.15) is 55.8 Å². The number of anilines is 1. The third-order valence-electron chi connectivity index (χ3n) is 8.61. The van der Waals surface area contributed by atoms with Crippen LogP contribution in [-0.2, 0) is 9.59 Å². The Morgan fingerprint density at radius 2 is 2.03 bits per heavy atom. The van der Waals surface area contributed by atoms with Crippen molar-refractivity contribution in [1.82, 2.24) is 4.98 Å². The van der Waals surface area contributed by atoms with E-state index in [0.29, 0.717) is 10.8 Å². The van der Waals surface area contributed by atoms with Gasteiger partial charge >= 0.3 is 5.97 Å². The Bertz CT molecular complexity index is 1370. The number of hydrogen-bond acceptors (Lipinski definition) is 7. The molecular formula is C29H30N2O6S. The molecule has 4 aliphatic rings. The highest BCUT2D eigenvalue weighted by Gasteiger charge is 2.60. The Kier molecular flexibility index (Phi) is 6.59. The molecule has 4 aliphatic carbocycles. The number of rotatable bonds is 7. The normalized spacial score (nSPS) is 28.0. The van der Waals surface area contributed by atoms with E-state index < -0.39 is 34.4 Å². The number of carboxylic acid groups (broad SMARTS) is 1. The van der Waals surface area contributed by atoms with Crippen LogP contribution in [0.3, 0.4) is 0 Å². The van der Waals surface area contributed by atoms with Crippen LogP contribution in [0.5, 0.6) is 11.5 Å². The van der Waals surface area contributed by atoms with Gasteiger partial charge in [-0.05, 0) is 73.6 Å². The monoisotopic (exact) mass is 534 g/mol. The lowest BCUT2D eigenvalue weighted by atomic mass is 9.44. The number of nitrogens with one attached hydrogen (secondary N) is 1. The van der Waals surface area contributed by atoms with Crippen LogP contribution in [0.4, 0.5) is 5.69 Å². The van der Waals surface area contributed by atoms with E-state index >= 15 is 0 Å². The van der Waals surface area contributed by atoms with Crippen LogP contribution in [0.25, 0.3) is 0 Å². The standard InChI is InChI=1S/C29H30N2O6S/c1-16-14-29-11-8-17(16)13-21(29)28(2,26(35)20(15-29)38-23-5-3-4-12-30-23)10-9-22(33)31-24-19(32)7-6-18(25(24)34)27(36)37/h3-7,12,15,17,21,32,34H,1,8-11,13-14H2,2H3,(H,31,33)(H,36,37)/t17-,21+,28+,29-/m1/s1. The summed E-state index contributed by atoms with van der Waals surface area (Å²) in [4.78, 5) is 43.4. The molecule has 2 aromatic rings. The number of carboxylic acids is 1. The molecule has 9 heteroatoms. The third kappa shape index (κ3) is 4.38. The molecule has 0 unspecified atom stereocenters. The zero-order valence-corrected chi connectivity index (χ0v) is 21.9. The predicted molar refractivity (Wildman–Crippen MR) is 143 cm³/mol. The first-order valence-corrected chi connectivity index (χ1v) is 13.5. The summed E-state index contributed by atoms with van der Waals surface area (Å²) in [5.74, 6) is -2.65. The van der Waals surface area contributed by atoms with Crippen LogP contribution < -0.4 is 5.32 Å². The zero-order valence-electron chi connectivity index (χ0n) is 21.1. The highest BCUT2D eigenvalue weighted by molar-refractivity contribution is 8.04. The molecular weight excluding hydrogens is 504 g/mol. The molecule has 38 heavy (non-hydrogen) atoms. The maximum atomic E-state index is 14.0. The van der Waals surface area contributed by atoms with Gasteiger partial charge in [0.2, 0.25) is 5.91 Å². The molecule has 3 saturated carbocycles. The smallest absolute Gasteiger partial charge is 0.339 e. The minimum absolute atomic E-state index is 0.00620. The summed E-state index contributed by atoms with van der Waals surface area (Å²) in [7, 11) is 0. The number of ketones is 1. The van der Waals surface area contributed by atoms with Crippen LogP contribution in [0.15, 0.2) is 64.7 Å². The third-order valence-corrected chi connectivity index (χ3v) is 9.58. The first kappa shape index (κ1) is 26.0. The molecule has 0 saturated heterocycles. The molecule has 2 bridgehead atoms. The molecule has 1 aromatic carbocycles. The van der Waals surface area contributed by atoms with E-state index in [1.807, 2.05) is 25.1 Å². The number of nitrogens with zero attached hydrogens (tertiary/aromatic N) is 1. The molecule has 0 aliphatic heterocycles. The summed E-state index contributed by atoms with van der Waals surface area (Å²) in [5.41, 5.74) is -0.575. The average molecular weight is 535 g/mol. The van der Waals surface area contributed by atoms with E-state index in [4.69, 9.17) is 0 Å². The van der Waals surface area contributed by atoms with Gasteiger partial charge in [0.25, 0.3) is 0 Å². The van der Waals surface area contributed by atoms with Gasteiger partial charge in [-0.2, -0.15) is 0 Å². The maximum Gasteiger partial charge on any atom is 0.339 e. The number of phenolic OH excluding ortho intramolecular Hbond substituents is 1. The maximum absolute atomic E-state index is 14.0. The van der Waals surface area contributed by atoms with Gasteiger partial charge in [0.15, 0.2) is 11.5 Å². The van der Waals surface area contributed by atoms with Crippen molar-refractivity contribution in [2.45, 2.75) is 50.5 Å². The number of carbonyl (C=O) groups excluding carboxylic acids is 2. The summed E-state index contributed by atoms with van der Waals surface area (Å²) < 4.78 is 0. The lowest BCUT2D eigenvalue weighted by molar-refractivity contribution is -0.136. The van der Waals surface area contributed by atoms with Crippen LogP contribution in [0.2, 0.25) is 0 Å². The van der Waals surface area contributed by atoms with E-state index in [0.717, 1.165) is 42.8 Å². The van der Waals surface area contributed by atoms with Crippen LogP contribution in [-0.4, -0.2) is 38.0 Å². The van der Waals surface area contributed by atoms with Crippen molar-refractivity contribution >= 4 is 35.1 Å². The van der Waals surface area contributed by atoms with Gasteiger partial charge in [-0.1, -0.05) is 43.0 Å². The summed E-state index contributed by atoms with van der Waals surface area (Å²) in [6.07, 6.45) is 7.74. The fourth-order valence-corrected chi connectivity index (χ4v) is 7.73. The molecule has 1 spiro atoms. The summed E-state index contributed by atoms with van der Waals surface area (Å²) in [5, 5.41) is 32.9. The predicted octanol–water partition coefficient (Wildman–Crippen LogP) is 5.54. The highest BCUT2D eigenvalue weighted by Crippen LogP contribution is 2.66. The van der Waals surface area contributed by atoms with Crippen molar-refractivity contribution < 1.29 is 29.7 Å². The number of phenols is 2. The van der Waals surface area contributed by atoms with Crippen LogP contribution >= 0.6 is 11.8 Å². The molecule has 8 nitrogen and oxygen atoms in total. The SMILES string of the molecule is C=C1C[C@]23C=C(Sc4ccccn4)C(=O)[C@@](C)(CCC(=O)Nc4c(O)ccc(C(=O)O)c4O)[C@@H]2C[C@H]1CC3. The Morgan fingerprint density at radius 3 is 2.71 bits per heavy atom. The highest BCUT2D eigenvalue weighted by atomic mass is 32.2. The van der Waals surface area contributed by atoms with E-state index in [-0.39, 0.29) is 35.6 Å². The number of pyridine rings is 1. The number of hydrogen-bond donors (Lipinski definition) is 4. The number of amides is 1. The molecule has 4 atom stereocenters. The fourth-order valence-electron chi connectivity index (χ4n) is 6.62. The van der Waals surface area contributed by atoms with Gasteiger partial charge in [-0.15, -0.1) is 0 Å². The van der Waals surface area contributed by atoms with E-state index in [2.05, 4.69) is 23.0 Å². The van der Waals surface area contributed by atoms with E-state index in [1.165, 1.54) is 17.3 Å². The Hall–Kier alpha value is -3.59. The molecule has 198 valence electrons. The molecule has 4 N–H and O–H groups in total. The minimum atomic E-state index is -1.39. The Balaban J connectivity index is 1.42. The number of fused-ring (bicyclic) bond motifs is 2. The Morgan fingerprint density at radius 1 is 1.24 bits per heavy atom. The molecule has 1 heterocycles. The number of carbonyl (C=O) groups is 3. The van der Waals surface area contributed by atoms with Crippen molar-refractivity contribution in [3.05, 3.63) is 65.2 Å². The van der Waals surface area contributed by atoms with Gasteiger partial charge in [0.1, 0.15) is 22.0 Å². The van der Waals surface area contributed by atoms with Crippen molar-refractivity contribution in [2.75, 3.05) is 5.32 Å². The minimum Gasteiger partial charge on any atom is -0.506 e. The average Bonchev–Trinajstić information content (AvgIpc) is 2.88. The second kappa shape index (κ2) is 9.62. The fraction of sp³-hybridized carbons (Fsp3) is 0.379. The molecule has 1 amide bonds. The summed E-state index contributed by atoms with van der Waals surface area (Å²) in [6, 6.07) is 7.74. The lowest BCUT2D eigenvalue weighted by Gasteiger charge is -2.59. The van der Waals surface area contributed by atoms with Gasteiger partial charge < -0.3 is 20.6 Å². The van der Waals surface area contributed by atoms with Crippen molar-refractivity contribution in [1.29, 1.82) is 0 Å². The first-order chi connectivity index (χ1) is 18.0.